The van der Waals surface area contributed by atoms with E-state index in [2.05, 4.69) is 53.4 Å². The highest BCUT2D eigenvalue weighted by Gasteiger charge is 2.71. The molecule has 0 saturated heterocycles. The Hall–Kier alpha value is -2.83. The van der Waals surface area contributed by atoms with Gasteiger partial charge < -0.3 is 20.9 Å². The van der Waals surface area contributed by atoms with Crippen LogP contribution in [0.15, 0.2) is 36.4 Å². The highest BCUT2D eigenvalue weighted by molar-refractivity contribution is 5.81. The van der Waals surface area contributed by atoms with E-state index in [-0.39, 0.29) is 45.5 Å². The molecule has 0 radical (unpaired) electrons. The average molecular weight is 703 g/mol. The summed E-state index contributed by atoms with van der Waals surface area (Å²) in [4.78, 5) is 38.5. The molecule has 6 rings (SSSR count). The number of rotatable bonds is 9. The minimum Gasteiger partial charge on any atom is -0.481 e. The number of nitrogens with two attached hydrogens (primary N) is 1. The Labute approximate surface area is 307 Å². The lowest BCUT2D eigenvalue weighted by Crippen LogP contribution is -2.67. The van der Waals surface area contributed by atoms with Gasteiger partial charge in [0.15, 0.2) is 0 Å². The Kier molecular flexibility index (Phi) is 9.61. The predicted octanol–water partition coefficient (Wildman–Crippen LogP) is 9.35. The molecule has 5 aliphatic carbocycles. The first-order valence-corrected chi connectivity index (χ1v) is 19.9. The molecule has 0 aromatic heterocycles. The van der Waals surface area contributed by atoms with Crippen LogP contribution < -0.4 is 11.1 Å². The van der Waals surface area contributed by atoms with Crippen LogP contribution in [-0.2, 0) is 25.7 Å². The Balaban J connectivity index is 1.22. The number of fused-ring (bicyclic) bond motifs is 7. The topological polar surface area (TPSA) is 119 Å². The molecule has 51 heavy (non-hydrogen) atoms. The van der Waals surface area contributed by atoms with Gasteiger partial charge in [0.05, 0.1) is 11.8 Å². The van der Waals surface area contributed by atoms with Gasteiger partial charge in [-0.15, -0.1) is 0 Å². The number of ether oxygens (including phenoxy) is 1. The first-order chi connectivity index (χ1) is 23.7. The average Bonchev–Trinajstić information content (AvgIpc) is 3.42. The van der Waals surface area contributed by atoms with Crippen LogP contribution in [0.25, 0.3) is 0 Å². The van der Waals surface area contributed by atoms with Gasteiger partial charge in [-0.1, -0.05) is 58.9 Å². The van der Waals surface area contributed by atoms with Gasteiger partial charge in [0.25, 0.3) is 0 Å². The Morgan fingerprint density at radius 2 is 1.59 bits per heavy atom. The van der Waals surface area contributed by atoms with Crippen LogP contribution in [-0.4, -0.2) is 29.1 Å². The molecule has 0 heterocycles. The smallest absolute Gasteiger partial charge is 0.309 e. The molecule has 10 atom stereocenters. The number of nitrogen functional groups attached to an aromatic ring is 1. The Bertz CT molecular complexity index is 1550. The molecule has 5 fully saturated rings. The van der Waals surface area contributed by atoms with Gasteiger partial charge in [0.1, 0.15) is 6.10 Å². The molecule has 7 nitrogen and oxygen atoms in total. The zero-order chi connectivity index (χ0) is 37.4. The molecule has 0 spiro atoms. The van der Waals surface area contributed by atoms with Crippen molar-refractivity contribution in [2.45, 2.75) is 145 Å². The number of anilines is 1. The number of hydrogen-bond acceptors (Lipinski definition) is 5. The molecular formula is C44H66N2O5. The van der Waals surface area contributed by atoms with Crippen molar-refractivity contribution in [2.24, 2.45) is 62.1 Å². The van der Waals surface area contributed by atoms with E-state index in [0.717, 1.165) is 49.8 Å². The summed E-state index contributed by atoms with van der Waals surface area (Å²) in [5, 5.41) is 12.9. The quantitative estimate of drug-likeness (QED) is 0.134. The van der Waals surface area contributed by atoms with Crippen molar-refractivity contribution in [2.75, 3.05) is 5.73 Å². The van der Waals surface area contributed by atoms with Gasteiger partial charge >= 0.3 is 11.9 Å². The van der Waals surface area contributed by atoms with E-state index in [4.69, 9.17) is 10.5 Å². The predicted molar refractivity (Wildman–Crippen MR) is 202 cm³/mol. The van der Waals surface area contributed by atoms with Crippen molar-refractivity contribution >= 4 is 23.5 Å². The molecule has 1 amide bonds. The lowest BCUT2D eigenvalue weighted by atomic mass is 9.32. The highest BCUT2D eigenvalue weighted by Crippen LogP contribution is 2.78. The fourth-order valence-corrected chi connectivity index (χ4v) is 13.6. The standard InChI is InChI=1S/C44H66N2O5/c1-27(2)30-16-21-44(24-35(47)46-26-28-10-12-29(45)13-11-28)23-22-42(8)31(37(30)44)14-15-33-41(7)19-18-34(51-36(48)25-39(3,4)38(49)50)40(5,6)32(41)17-20-43(33,42)9/h10-13,30-34,37H,1,14-26,45H2,2-9H3,(H,46,47)(H,49,50)/t30-,31+,32-,33+,34-,37+,41-,42+,43+,44+/m0/s1. The summed E-state index contributed by atoms with van der Waals surface area (Å²) in [6.45, 7) is 22.9. The fraction of sp³-hybridized carbons (Fsp3) is 0.750. The number of carbonyl (C=O) groups excluding carboxylic acids is 2. The van der Waals surface area contributed by atoms with Gasteiger partial charge in [-0.2, -0.15) is 0 Å². The number of hydrogen-bond donors (Lipinski definition) is 3. The molecule has 7 heteroatoms. The SMILES string of the molecule is C=C(C)[C@@H]1CC[C@]2(CC(=O)NCc3ccc(N)cc3)CC[C@]3(C)[C@H](CC[C@@H]4[C@@]5(C)CC[C@H](OC(=O)CC(C)(C)C(=O)O)C(C)(C)[C@@H]5CC[C@]43C)[C@@H]12. The second-order valence-corrected chi connectivity index (χ2v) is 19.9. The Morgan fingerprint density at radius 1 is 0.902 bits per heavy atom. The Morgan fingerprint density at radius 3 is 2.24 bits per heavy atom. The van der Waals surface area contributed by atoms with Crippen LogP contribution in [0, 0.1) is 62.1 Å². The number of esters is 1. The largest absolute Gasteiger partial charge is 0.481 e. The number of benzene rings is 1. The van der Waals surface area contributed by atoms with E-state index in [0.29, 0.717) is 42.6 Å². The van der Waals surface area contributed by atoms with Crippen molar-refractivity contribution in [3.63, 3.8) is 0 Å². The van der Waals surface area contributed by atoms with Crippen LogP contribution in [0.3, 0.4) is 0 Å². The van der Waals surface area contributed by atoms with Crippen LogP contribution in [0.2, 0.25) is 0 Å². The van der Waals surface area contributed by atoms with Crippen molar-refractivity contribution in [3.8, 4) is 0 Å². The summed E-state index contributed by atoms with van der Waals surface area (Å²) < 4.78 is 6.18. The van der Waals surface area contributed by atoms with Crippen LogP contribution >= 0.6 is 0 Å². The van der Waals surface area contributed by atoms with Gasteiger partial charge in [-0.3, -0.25) is 14.4 Å². The molecule has 282 valence electrons. The summed E-state index contributed by atoms with van der Waals surface area (Å²) in [6.07, 6.45) is 11.3. The highest BCUT2D eigenvalue weighted by atomic mass is 16.5. The maximum Gasteiger partial charge on any atom is 0.309 e. The molecule has 1 aromatic carbocycles. The first kappa shape index (κ1) is 37.9. The summed E-state index contributed by atoms with van der Waals surface area (Å²) in [5.74, 6) is 1.28. The second-order valence-electron chi connectivity index (χ2n) is 19.9. The lowest BCUT2D eigenvalue weighted by Gasteiger charge is -2.73. The van der Waals surface area contributed by atoms with Crippen LogP contribution in [0.5, 0.6) is 0 Å². The minimum atomic E-state index is -1.15. The number of amides is 1. The minimum absolute atomic E-state index is 0.0163. The molecule has 0 bridgehead atoms. The van der Waals surface area contributed by atoms with Gasteiger partial charge in [-0.05, 0) is 154 Å². The van der Waals surface area contributed by atoms with Crippen molar-refractivity contribution in [1.82, 2.24) is 5.32 Å². The van der Waals surface area contributed by atoms with Gasteiger partial charge in [0.2, 0.25) is 5.91 Å². The maximum absolute atomic E-state index is 13.7. The van der Waals surface area contributed by atoms with E-state index in [1.54, 1.807) is 13.8 Å². The first-order valence-electron chi connectivity index (χ1n) is 19.9. The van der Waals surface area contributed by atoms with E-state index in [9.17, 15) is 19.5 Å². The monoisotopic (exact) mass is 702 g/mol. The normalized spacial score (nSPS) is 39.8. The zero-order valence-corrected chi connectivity index (χ0v) is 32.8. The molecule has 1 aromatic rings. The molecule has 0 unspecified atom stereocenters. The summed E-state index contributed by atoms with van der Waals surface area (Å²) >= 11 is 0. The lowest BCUT2D eigenvalue weighted by molar-refractivity contribution is -0.250. The van der Waals surface area contributed by atoms with E-state index in [1.165, 1.54) is 31.3 Å². The summed E-state index contributed by atoms with van der Waals surface area (Å²) in [7, 11) is 0. The number of nitrogens with one attached hydrogen (secondary N) is 1. The second kappa shape index (κ2) is 12.9. The third-order valence-electron chi connectivity index (χ3n) is 16.6. The zero-order valence-electron chi connectivity index (χ0n) is 32.8. The van der Waals surface area contributed by atoms with Crippen molar-refractivity contribution in [1.29, 1.82) is 0 Å². The maximum atomic E-state index is 13.7. The number of carboxylic acid groups (broad SMARTS) is 1. The molecule has 5 aliphatic rings. The van der Waals surface area contributed by atoms with Crippen molar-refractivity contribution < 1.29 is 24.2 Å². The van der Waals surface area contributed by atoms with Gasteiger partial charge in [-0.25, -0.2) is 0 Å². The van der Waals surface area contributed by atoms with E-state index >= 15 is 0 Å². The third-order valence-corrected chi connectivity index (χ3v) is 16.6. The van der Waals surface area contributed by atoms with E-state index < -0.39 is 17.4 Å². The summed E-state index contributed by atoms with van der Waals surface area (Å²) in [5.41, 5.74) is 8.13. The molecule has 4 N–H and O–H groups in total. The summed E-state index contributed by atoms with van der Waals surface area (Å²) in [6, 6.07) is 7.77. The molecular weight excluding hydrogens is 636 g/mol. The number of allylic oxidation sites excluding steroid dienone is 1. The van der Waals surface area contributed by atoms with Crippen LogP contribution in [0.1, 0.15) is 138 Å². The number of carbonyl (C=O) groups is 3. The third kappa shape index (κ3) is 6.14. The van der Waals surface area contributed by atoms with E-state index in [1.807, 2.05) is 24.3 Å². The molecule has 5 saturated carbocycles. The van der Waals surface area contributed by atoms with Gasteiger partial charge in [0, 0.05) is 24.1 Å². The number of aliphatic carboxylic acids is 1. The fourth-order valence-electron chi connectivity index (χ4n) is 13.6. The van der Waals surface area contributed by atoms with Crippen molar-refractivity contribution in [3.05, 3.63) is 42.0 Å². The van der Waals surface area contributed by atoms with Crippen LogP contribution in [0.4, 0.5) is 5.69 Å². The number of carboxylic acids is 1. The molecule has 0 aliphatic heterocycles.